The van der Waals surface area contributed by atoms with Crippen LogP contribution in [0.3, 0.4) is 0 Å². The SMILES string of the molecule is CN1CCCCC1c1nnc2c(Br)cccn12. The molecule has 1 aliphatic heterocycles. The van der Waals surface area contributed by atoms with E-state index < -0.39 is 0 Å². The number of piperidine rings is 1. The van der Waals surface area contributed by atoms with Crippen LogP contribution in [-0.2, 0) is 0 Å². The monoisotopic (exact) mass is 294 g/mol. The van der Waals surface area contributed by atoms with Gasteiger partial charge in [-0.1, -0.05) is 6.42 Å². The number of likely N-dealkylation sites (tertiary alicyclic amines) is 1. The highest BCUT2D eigenvalue weighted by atomic mass is 79.9. The van der Waals surface area contributed by atoms with Crippen molar-refractivity contribution in [1.82, 2.24) is 19.5 Å². The van der Waals surface area contributed by atoms with Gasteiger partial charge in [-0.3, -0.25) is 9.30 Å². The zero-order valence-corrected chi connectivity index (χ0v) is 11.4. The first-order valence-corrected chi connectivity index (χ1v) is 6.76. The molecule has 0 saturated carbocycles. The molecule has 1 fully saturated rings. The van der Waals surface area contributed by atoms with E-state index in [0.29, 0.717) is 6.04 Å². The van der Waals surface area contributed by atoms with Gasteiger partial charge >= 0.3 is 0 Å². The third kappa shape index (κ3) is 1.87. The molecule has 90 valence electrons. The molecule has 3 heterocycles. The standard InChI is InChI=1S/C12H15BrN4/c1-16-7-3-2-6-10(16)12-15-14-11-9(13)5-4-8-17(11)12/h4-5,8,10H,2-3,6-7H2,1H3. The number of rotatable bonds is 1. The predicted molar refractivity (Wildman–Crippen MR) is 69.9 cm³/mol. The highest BCUT2D eigenvalue weighted by Gasteiger charge is 2.25. The van der Waals surface area contributed by atoms with Crippen molar-refractivity contribution in [3.63, 3.8) is 0 Å². The van der Waals surface area contributed by atoms with Crippen LogP contribution in [0.5, 0.6) is 0 Å². The Balaban J connectivity index is 2.08. The molecule has 1 aliphatic rings. The molecule has 1 atom stereocenters. The molecule has 0 spiro atoms. The number of halogens is 1. The maximum Gasteiger partial charge on any atom is 0.175 e. The van der Waals surface area contributed by atoms with Gasteiger partial charge in [0.2, 0.25) is 0 Å². The summed E-state index contributed by atoms with van der Waals surface area (Å²) in [6.45, 7) is 1.15. The topological polar surface area (TPSA) is 33.4 Å². The zero-order chi connectivity index (χ0) is 11.8. The van der Waals surface area contributed by atoms with Crippen LogP contribution < -0.4 is 0 Å². The minimum absolute atomic E-state index is 0.396. The summed E-state index contributed by atoms with van der Waals surface area (Å²) >= 11 is 3.51. The summed E-state index contributed by atoms with van der Waals surface area (Å²) in [4.78, 5) is 2.38. The van der Waals surface area contributed by atoms with Crippen molar-refractivity contribution in [2.45, 2.75) is 25.3 Å². The van der Waals surface area contributed by atoms with Gasteiger partial charge in [0.1, 0.15) is 0 Å². The lowest BCUT2D eigenvalue weighted by Gasteiger charge is -2.30. The molecular formula is C12H15BrN4. The average Bonchev–Trinajstić information content (AvgIpc) is 2.75. The molecule has 2 aromatic rings. The van der Waals surface area contributed by atoms with E-state index in [1.165, 1.54) is 19.3 Å². The van der Waals surface area contributed by atoms with Crippen molar-refractivity contribution in [3.8, 4) is 0 Å². The number of hydrogen-bond donors (Lipinski definition) is 0. The maximum absolute atomic E-state index is 4.37. The molecule has 3 rings (SSSR count). The molecule has 5 heteroatoms. The van der Waals surface area contributed by atoms with Crippen LogP contribution in [0.1, 0.15) is 31.1 Å². The zero-order valence-electron chi connectivity index (χ0n) is 9.80. The fourth-order valence-corrected chi connectivity index (χ4v) is 2.95. The van der Waals surface area contributed by atoms with Gasteiger partial charge < -0.3 is 0 Å². The molecule has 2 aromatic heterocycles. The van der Waals surface area contributed by atoms with Crippen LogP contribution >= 0.6 is 15.9 Å². The van der Waals surface area contributed by atoms with Crippen LogP contribution in [-0.4, -0.2) is 33.1 Å². The minimum Gasteiger partial charge on any atom is -0.296 e. The first-order chi connectivity index (χ1) is 8.27. The van der Waals surface area contributed by atoms with Crippen molar-refractivity contribution >= 4 is 21.6 Å². The molecule has 0 radical (unpaired) electrons. The molecule has 0 amide bonds. The van der Waals surface area contributed by atoms with Crippen molar-refractivity contribution in [2.24, 2.45) is 0 Å². The largest absolute Gasteiger partial charge is 0.296 e. The third-order valence-corrected chi connectivity index (χ3v) is 4.10. The first kappa shape index (κ1) is 11.2. The van der Waals surface area contributed by atoms with Crippen molar-refractivity contribution in [2.75, 3.05) is 13.6 Å². The Morgan fingerprint density at radius 2 is 2.24 bits per heavy atom. The first-order valence-electron chi connectivity index (χ1n) is 5.97. The molecule has 0 bridgehead atoms. The predicted octanol–water partition coefficient (Wildman–Crippen LogP) is 2.65. The quantitative estimate of drug-likeness (QED) is 0.811. The van der Waals surface area contributed by atoms with E-state index in [9.17, 15) is 0 Å². The van der Waals surface area contributed by atoms with Crippen molar-refractivity contribution in [1.29, 1.82) is 0 Å². The van der Waals surface area contributed by atoms with Crippen LogP contribution in [0.25, 0.3) is 5.65 Å². The van der Waals surface area contributed by atoms with Gasteiger partial charge in [0.15, 0.2) is 11.5 Å². The number of aromatic nitrogens is 3. The van der Waals surface area contributed by atoms with E-state index in [1.807, 2.05) is 18.3 Å². The fourth-order valence-electron chi connectivity index (χ4n) is 2.53. The van der Waals surface area contributed by atoms with Gasteiger partial charge in [-0.15, -0.1) is 10.2 Å². The van der Waals surface area contributed by atoms with Crippen LogP contribution in [0.2, 0.25) is 0 Å². The Morgan fingerprint density at radius 1 is 1.35 bits per heavy atom. The van der Waals surface area contributed by atoms with Gasteiger partial charge in [0, 0.05) is 6.20 Å². The van der Waals surface area contributed by atoms with Gasteiger partial charge in [-0.2, -0.15) is 0 Å². The van der Waals surface area contributed by atoms with Crippen LogP contribution in [0.15, 0.2) is 22.8 Å². The van der Waals surface area contributed by atoms with Gasteiger partial charge in [-0.05, 0) is 54.5 Å². The van der Waals surface area contributed by atoms with Gasteiger partial charge in [0.05, 0.1) is 10.5 Å². The van der Waals surface area contributed by atoms with Crippen molar-refractivity contribution < 1.29 is 0 Å². The molecule has 17 heavy (non-hydrogen) atoms. The Morgan fingerprint density at radius 3 is 3.06 bits per heavy atom. The lowest BCUT2D eigenvalue weighted by molar-refractivity contribution is 0.178. The Kier molecular flexibility index (Phi) is 2.88. The Hall–Kier alpha value is -0.940. The van der Waals surface area contributed by atoms with Crippen LogP contribution in [0.4, 0.5) is 0 Å². The number of hydrogen-bond acceptors (Lipinski definition) is 3. The summed E-state index contributed by atoms with van der Waals surface area (Å²) in [5.74, 6) is 1.06. The second-order valence-electron chi connectivity index (χ2n) is 4.60. The lowest BCUT2D eigenvalue weighted by Crippen LogP contribution is -2.30. The smallest absolute Gasteiger partial charge is 0.175 e. The van der Waals surface area contributed by atoms with E-state index in [-0.39, 0.29) is 0 Å². The summed E-state index contributed by atoms with van der Waals surface area (Å²) in [6.07, 6.45) is 5.77. The number of fused-ring (bicyclic) bond motifs is 1. The second-order valence-corrected chi connectivity index (χ2v) is 5.45. The number of pyridine rings is 1. The Bertz CT molecular complexity index is 536. The normalized spacial score (nSPS) is 22.1. The summed E-state index contributed by atoms with van der Waals surface area (Å²) in [5, 5.41) is 8.64. The Labute approximate surface area is 109 Å². The van der Waals surface area contributed by atoms with E-state index in [0.717, 1.165) is 22.5 Å². The van der Waals surface area contributed by atoms with E-state index in [1.54, 1.807) is 0 Å². The summed E-state index contributed by atoms with van der Waals surface area (Å²) < 4.78 is 3.09. The molecule has 4 nitrogen and oxygen atoms in total. The summed E-state index contributed by atoms with van der Waals surface area (Å²) in [6, 6.07) is 4.42. The van der Waals surface area contributed by atoms with Gasteiger partial charge in [0.25, 0.3) is 0 Å². The highest BCUT2D eigenvalue weighted by Crippen LogP contribution is 2.29. The molecule has 1 unspecified atom stereocenters. The molecular weight excluding hydrogens is 280 g/mol. The second kappa shape index (κ2) is 4.38. The van der Waals surface area contributed by atoms with E-state index in [2.05, 4.69) is 42.5 Å². The molecule has 0 aromatic carbocycles. The average molecular weight is 295 g/mol. The number of nitrogens with zero attached hydrogens (tertiary/aromatic N) is 4. The lowest BCUT2D eigenvalue weighted by atomic mass is 10.0. The van der Waals surface area contributed by atoms with E-state index in [4.69, 9.17) is 0 Å². The van der Waals surface area contributed by atoms with Crippen molar-refractivity contribution in [3.05, 3.63) is 28.6 Å². The van der Waals surface area contributed by atoms with Gasteiger partial charge in [-0.25, -0.2) is 0 Å². The molecule has 0 N–H and O–H groups in total. The maximum atomic E-state index is 4.37. The summed E-state index contributed by atoms with van der Waals surface area (Å²) in [5.41, 5.74) is 0.904. The fraction of sp³-hybridized carbons (Fsp3) is 0.500. The highest BCUT2D eigenvalue weighted by molar-refractivity contribution is 9.10. The van der Waals surface area contributed by atoms with Crippen LogP contribution in [0, 0.1) is 0 Å². The van der Waals surface area contributed by atoms with E-state index >= 15 is 0 Å². The third-order valence-electron chi connectivity index (χ3n) is 3.48. The summed E-state index contributed by atoms with van der Waals surface area (Å²) in [7, 11) is 2.17. The minimum atomic E-state index is 0.396. The molecule has 0 aliphatic carbocycles. The molecule has 1 saturated heterocycles.